The Labute approximate surface area is 153 Å². The van der Waals surface area contributed by atoms with E-state index in [2.05, 4.69) is 15.5 Å². The number of nitroso groups, excluding NO2 is 1. The number of aromatic nitrogens is 1. The van der Waals surface area contributed by atoms with Gasteiger partial charge in [0.25, 0.3) is 0 Å². The molecule has 0 radical (unpaired) electrons. The van der Waals surface area contributed by atoms with Crippen molar-refractivity contribution in [2.75, 3.05) is 12.4 Å². The van der Waals surface area contributed by atoms with Gasteiger partial charge in [0.2, 0.25) is 0 Å². The molecule has 7 nitrogen and oxygen atoms in total. The van der Waals surface area contributed by atoms with Crippen LogP contribution in [0, 0.1) is 10.3 Å². The van der Waals surface area contributed by atoms with Crippen molar-refractivity contribution in [3.05, 3.63) is 63.2 Å². The fourth-order valence-corrected chi connectivity index (χ4v) is 3.25. The standard InChI is InChI=1S/C18H15N5O2S/c1-21-14-8-13(10-2-4-11(5-3-10)18(24)23-25)22-16(15(14)17(19)20)12-6-7-26-9-12/h2-9H,1H3,(H3,19,20)(H,21,22). The summed E-state index contributed by atoms with van der Waals surface area (Å²) in [5.74, 6) is -0.890. The van der Waals surface area contributed by atoms with E-state index in [1.165, 1.54) is 23.5 Å². The largest absolute Gasteiger partial charge is 0.387 e. The molecule has 26 heavy (non-hydrogen) atoms. The Kier molecular flexibility index (Phi) is 4.85. The molecule has 0 fully saturated rings. The highest BCUT2D eigenvalue weighted by Crippen LogP contribution is 2.33. The molecule has 0 spiro atoms. The van der Waals surface area contributed by atoms with Crippen molar-refractivity contribution in [3.8, 4) is 22.5 Å². The molecule has 0 unspecified atom stereocenters. The first-order chi connectivity index (χ1) is 12.5. The van der Waals surface area contributed by atoms with E-state index in [4.69, 9.17) is 11.1 Å². The number of hydrogen-bond acceptors (Lipinski definition) is 6. The Balaban J connectivity index is 2.17. The first-order valence-corrected chi connectivity index (χ1v) is 8.57. The van der Waals surface area contributed by atoms with Crippen molar-refractivity contribution < 1.29 is 4.79 Å². The smallest absolute Gasteiger partial charge is 0.316 e. The van der Waals surface area contributed by atoms with E-state index in [9.17, 15) is 9.70 Å². The number of amides is 1. The van der Waals surface area contributed by atoms with Crippen LogP contribution in [0.15, 0.2) is 52.3 Å². The van der Waals surface area contributed by atoms with Crippen LogP contribution >= 0.6 is 11.3 Å². The lowest BCUT2D eigenvalue weighted by Crippen LogP contribution is -2.16. The van der Waals surface area contributed by atoms with Gasteiger partial charge >= 0.3 is 5.91 Å². The number of benzene rings is 1. The third-order valence-corrected chi connectivity index (χ3v) is 4.55. The van der Waals surface area contributed by atoms with E-state index >= 15 is 0 Å². The minimum Gasteiger partial charge on any atom is -0.387 e. The third kappa shape index (κ3) is 3.22. The first kappa shape index (κ1) is 17.4. The van der Waals surface area contributed by atoms with E-state index in [-0.39, 0.29) is 11.4 Å². The topological polar surface area (TPSA) is 121 Å². The van der Waals surface area contributed by atoms with Gasteiger partial charge in [0, 0.05) is 40.0 Å². The summed E-state index contributed by atoms with van der Waals surface area (Å²) in [4.78, 5) is 26.4. The van der Waals surface area contributed by atoms with E-state index in [1.807, 2.05) is 16.8 Å². The Morgan fingerprint density at radius 1 is 1.23 bits per heavy atom. The number of nitrogen functional groups attached to an aromatic ring is 1. The second kappa shape index (κ2) is 7.24. The molecule has 2 heterocycles. The van der Waals surface area contributed by atoms with Gasteiger partial charge in [-0.15, -0.1) is 4.91 Å². The number of thiophene rings is 1. The molecule has 0 aliphatic carbocycles. The molecular formula is C18H15N5O2S. The minimum atomic E-state index is -0.814. The van der Waals surface area contributed by atoms with E-state index < -0.39 is 5.91 Å². The number of nitrogens with two attached hydrogens (primary N) is 1. The molecule has 0 aliphatic rings. The molecular weight excluding hydrogens is 350 g/mol. The number of pyridine rings is 1. The number of rotatable bonds is 5. The number of hydrogen-bond donors (Lipinski definition) is 3. The zero-order chi connectivity index (χ0) is 18.7. The number of carbonyl (C=O) groups excluding carboxylic acids is 1. The van der Waals surface area contributed by atoms with Crippen LogP contribution in [-0.4, -0.2) is 23.8 Å². The Morgan fingerprint density at radius 3 is 2.50 bits per heavy atom. The lowest BCUT2D eigenvalue weighted by molar-refractivity contribution is 0.100. The number of nitrogens with one attached hydrogen (secondary N) is 2. The maximum absolute atomic E-state index is 11.3. The third-order valence-electron chi connectivity index (χ3n) is 3.86. The van der Waals surface area contributed by atoms with Gasteiger partial charge in [0.15, 0.2) is 0 Å². The van der Waals surface area contributed by atoms with Gasteiger partial charge in [0.05, 0.1) is 17.0 Å². The van der Waals surface area contributed by atoms with Crippen molar-refractivity contribution in [1.29, 1.82) is 5.41 Å². The number of nitrogens with zero attached hydrogens (tertiary/aromatic N) is 2. The maximum Gasteiger partial charge on any atom is 0.316 e. The van der Waals surface area contributed by atoms with Crippen LogP contribution in [0.4, 0.5) is 5.69 Å². The summed E-state index contributed by atoms with van der Waals surface area (Å²) < 4.78 is 0. The molecule has 0 atom stereocenters. The molecule has 0 aliphatic heterocycles. The van der Waals surface area contributed by atoms with Crippen molar-refractivity contribution in [1.82, 2.24) is 4.98 Å². The predicted molar refractivity (Wildman–Crippen MR) is 104 cm³/mol. The van der Waals surface area contributed by atoms with E-state index in [1.54, 1.807) is 25.2 Å². The molecule has 3 rings (SSSR count). The molecule has 1 aromatic carbocycles. The Bertz CT molecular complexity index is 982. The van der Waals surface area contributed by atoms with Gasteiger partial charge in [-0.05, 0) is 29.6 Å². The van der Waals surface area contributed by atoms with Crippen molar-refractivity contribution in [2.24, 2.45) is 10.9 Å². The highest BCUT2D eigenvalue weighted by molar-refractivity contribution is 7.08. The summed E-state index contributed by atoms with van der Waals surface area (Å²) in [6.07, 6.45) is 0. The molecule has 0 saturated carbocycles. The van der Waals surface area contributed by atoms with Crippen LogP contribution < -0.4 is 11.1 Å². The Morgan fingerprint density at radius 2 is 1.96 bits per heavy atom. The average molecular weight is 365 g/mol. The minimum absolute atomic E-state index is 0.0763. The second-order valence-electron chi connectivity index (χ2n) is 5.43. The number of anilines is 1. The van der Waals surface area contributed by atoms with Crippen LogP contribution in [-0.2, 0) is 0 Å². The van der Waals surface area contributed by atoms with Crippen LogP contribution in [0.5, 0.6) is 0 Å². The van der Waals surface area contributed by atoms with Gasteiger partial charge in [-0.2, -0.15) is 11.3 Å². The first-order valence-electron chi connectivity index (χ1n) is 7.63. The second-order valence-corrected chi connectivity index (χ2v) is 6.21. The van der Waals surface area contributed by atoms with Gasteiger partial charge in [-0.1, -0.05) is 12.1 Å². The number of amidine groups is 1. The summed E-state index contributed by atoms with van der Waals surface area (Å²) in [6.45, 7) is 0. The molecule has 0 saturated heterocycles. The van der Waals surface area contributed by atoms with Crippen LogP contribution in [0.2, 0.25) is 0 Å². The van der Waals surface area contributed by atoms with Crippen LogP contribution in [0.1, 0.15) is 15.9 Å². The zero-order valence-corrected chi connectivity index (χ0v) is 14.6. The highest BCUT2D eigenvalue weighted by Gasteiger charge is 2.17. The quantitative estimate of drug-likeness (QED) is 0.361. The Hall–Kier alpha value is -3.39. The van der Waals surface area contributed by atoms with Crippen LogP contribution in [0.25, 0.3) is 22.5 Å². The maximum atomic E-state index is 11.3. The summed E-state index contributed by atoms with van der Waals surface area (Å²) >= 11 is 1.53. The van der Waals surface area contributed by atoms with Crippen molar-refractivity contribution >= 4 is 28.8 Å². The molecule has 3 aromatic rings. The lowest BCUT2D eigenvalue weighted by atomic mass is 10.0. The van der Waals surface area contributed by atoms with E-state index in [0.717, 1.165) is 11.1 Å². The van der Waals surface area contributed by atoms with Gasteiger partial charge in [-0.3, -0.25) is 10.2 Å². The molecule has 0 bridgehead atoms. The highest BCUT2D eigenvalue weighted by atomic mass is 32.1. The fraction of sp³-hybridized carbons (Fsp3) is 0.0556. The summed E-state index contributed by atoms with van der Waals surface area (Å²) in [5.41, 5.74) is 10.1. The fourth-order valence-electron chi connectivity index (χ4n) is 2.61. The molecule has 1 amide bonds. The summed E-state index contributed by atoms with van der Waals surface area (Å²) in [5, 5.41) is 17.3. The monoisotopic (exact) mass is 365 g/mol. The van der Waals surface area contributed by atoms with Crippen LogP contribution in [0.3, 0.4) is 0 Å². The number of carbonyl (C=O) groups is 1. The molecule has 8 heteroatoms. The predicted octanol–water partition coefficient (Wildman–Crippen LogP) is 3.71. The average Bonchev–Trinajstić information content (AvgIpc) is 3.21. The molecule has 130 valence electrons. The van der Waals surface area contributed by atoms with Gasteiger partial charge in [0.1, 0.15) is 5.84 Å². The zero-order valence-electron chi connectivity index (χ0n) is 13.8. The van der Waals surface area contributed by atoms with Gasteiger partial charge in [-0.25, -0.2) is 4.98 Å². The van der Waals surface area contributed by atoms with E-state index in [0.29, 0.717) is 22.6 Å². The summed E-state index contributed by atoms with van der Waals surface area (Å²) in [6, 6.07) is 10.2. The lowest BCUT2D eigenvalue weighted by Gasteiger charge is -2.15. The van der Waals surface area contributed by atoms with Crippen molar-refractivity contribution in [2.45, 2.75) is 0 Å². The van der Waals surface area contributed by atoms with Gasteiger partial charge < -0.3 is 11.1 Å². The van der Waals surface area contributed by atoms with Crippen molar-refractivity contribution in [3.63, 3.8) is 0 Å². The SMILES string of the molecule is CNc1cc(-c2ccc(C(=O)N=O)cc2)nc(-c2ccsc2)c1C(=N)N. The normalized spacial score (nSPS) is 10.3. The molecule has 2 aromatic heterocycles. The molecule has 4 N–H and O–H groups in total. The summed E-state index contributed by atoms with van der Waals surface area (Å²) in [7, 11) is 1.75.